The topological polar surface area (TPSA) is 61.2 Å². The van der Waals surface area contributed by atoms with E-state index in [9.17, 15) is 9.59 Å². The second kappa shape index (κ2) is 6.97. The zero-order valence-electron chi connectivity index (χ0n) is 13.6. The van der Waals surface area contributed by atoms with Gasteiger partial charge in [-0.25, -0.2) is 9.78 Å². The van der Waals surface area contributed by atoms with Gasteiger partial charge in [0.05, 0.1) is 18.3 Å². The first-order valence-corrected chi connectivity index (χ1v) is 8.75. The van der Waals surface area contributed by atoms with E-state index in [1.807, 2.05) is 42.6 Å². The van der Waals surface area contributed by atoms with Gasteiger partial charge in [0, 0.05) is 10.9 Å². The SMILES string of the molecule is CCOC(=O)[C@@H](CC)n1cnc2scc(-c3ccccc3)c2c1=O. The Labute approximate surface area is 143 Å². The fraction of sp³-hybridized carbons (Fsp3) is 0.278. The molecule has 24 heavy (non-hydrogen) atoms. The number of fused-ring (bicyclic) bond motifs is 1. The molecule has 2 aromatic heterocycles. The van der Waals surface area contributed by atoms with E-state index in [-0.39, 0.29) is 12.2 Å². The Bertz CT molecular complexity index is 915. The predicted molar refractivity (Wildman–Crippen MR) is 95.3 cm³/mol. The van der Waals surface area contributed by atoms with E-state index in [2.05, 4.69) is 4.98 Å². The quantitative estimate of drug-likeness (QED) is 0.664. The van der Waals surface area contributed by atoms with Gasteiger partial charge in [-0.15, -0.1) is 11.3 Å². The molecular weight excluding hydrogens is 324 g/mol. The second-order valence-electron chi connectivity index (χ2n) is 5.33. The molecule has 0 aliphatic rings. The van der Waals surface area contributed by atoms with E-state index in [1.54, 1.807) is 6.92 Å². The van der Waals surface area contributed by atoms with Crippen LogP contribution in [0.15, 0.2) is 46.8 Å². The van der Waals surface area contributed by atoms with E-state index in [4.69, 9.17) is 4.74 Å². The molecule has 0 radical (unpaired) electrons. The highest BCUT2D eigenvalue weighted by Gasteiger charge is 2.23. The number of esters is 1. The lowest BCUT2D eigenvalue weighted by Crippen LogP contribution is -2.31. The van der Waals surface area contributed by atoms with Crippen LogP contribution in [0.1, 0.15) is 26.3 Å². The van der Waals surface area contributed by atoms with Crippen LogP contribution in [0.25, 0.3) is 21.3 Å². The molecular formula is C18H18N2O3S. The molecule has 0 unspecified atom stereocenters. The Kier molecular flexibility index (Phi) is 4.76. The molecule has 0 saturated carbocycles. The standard InChI is InChI=1S/C18H18N2O3S/c1-3-14(18(22)23-4-2)20-11-19-16-15(17(20)21)13(10-24-16)12-8-6-5-7-9-12/h5-11,14H,3-4H2,1-2H3/t14-/m1/s1. The van der Waals surface area contributed by atoms with Crippen molar-refractivity contribution in [2.75, 3.05) is 6.61 Å². The van der Waals surface area contributed by atoms with Crippen molar-refractivity contribution in [2.45, 2.75) is 26.3 Å². The molecule has 6 heteroatoms. The van der Waals surface area contributed by atoms with E-state index in [0.29, 0.717) is 16.6 Å². The summed E-state index contributed by atoms with van der Waals surface area (Å²) >= 11 is 1.43. The number of benzene rings is 1. The molecule has 124 valence electrons. The Balaban J connectivity index is 2.17. The monoisotopic (exact) mass is 342 g/mol. The molecule has 1 aromatic carbocycles. The summed E-state index contributed by atoms with van der Waals surface area (Å²) in [5.74, 6) is -0.403. The van der Waals surface area contributed by atoms with Gasteiger partial charge in [-0.1, -0.05) is 37.3 Å². The lowest BCUT2D eigenvalue weighted by atomic mass is 10.1. The number of carbonyl (C=O) groups excluding carboxylic acids is 1. The molecule has 0 amide bonds. The lowest BCUT2D eigenvalue weighted by Gasteiger charge is -2.16. The number of rotatable bonds is 5. The number of hydrogen-bond acceptors (Lipinski definition) is 5. The third-order valence-corrected chi connectivity index (χ3v) is 4.77. The fourth-order valence-electron chi connectivity index (χ4n) is 2.71. The van der Waals surface area contributed by atoms with Gasteiger partial charge >= 0.3 is 5.97 Å². The van der Waals surface area contributed by atoms with Gasteiger partial charge < -0.3 is 4.74 Å². The van der Waals surface area contributed by atoms with Crippen molar-refractivity contribution < 1.29 is 9.53 Å². The molecule has 0 aliphatic heterocycles. The van der Waals surface area contributed by atoms with Gasteiger partial charge in [-0.05, 0) is 18.9 Å². The van der Waals surface area contributed by atoms with E-state index in [1.165, 1.54) is 22.2 Å². The van der Waals surface area contributed by atoms with Crippen molar-refractivity contribution in [3.05, 3.63) is 52.4 Å². The number of ether oxygens (including phenoxy) is 1. The summed E-state index contributed by atoms with van der Waals surface area (Å²) < 4.78 is 6.48. The van der Waals surface area contributed by atoms with Gasteiger partial charge in [0.1, 0.15) is 10.9 Å². The number of aromatic nitrogens is 2. The molecule has 3 rings (SSSR count). The molecule has 0 aliphatic carbocycles. The third kappa shape index (κ3) is 2.85. The number of thiophene rings is 1. The molecule has 0 saturated heterocycles. The Morgan fingerprint density at radius 3 is 2.71 bits per heavy atom. The molecule has 0 bridgehead atoms. The van der Waals surface area contributed by atoms with Crippen LogP contribution in [0, 0.1) is 0 Å². The zero-order valence-corrected chi connectivity index (χ0v) is 14.4. The summed E-state index contributed by atoms with van der Waals surface area (Å²) in [6, 6.07) is 9.06. The third-order valence-electron chi connectivity index (χ3n) is 3.89. The summed E-state index contributed by atoms with van der Waals surface area (Å²) in [6.45, 7) is 3.89. The van der Waals surface area contributed by atoms with Gasteiger partial charge in [-0.2, -0.15) is 0 Å². The van der Waals surface area contributed by atoms with Crippen LogP contribution in [0.4, 0.5) is 0 Å². The first-order valence-electron chi connectivity index (χ1n) is 7.87. The summed E-state index contributed by atoms with van der Waals surface area (Å²) in [7, 11) is 0. The van der Waals surface area contributed by atoms with Crippen LogP contribution in [-0.2, 0) is 9.53 Å². The van der Waals surface area contributed by atoms with Crippen molar-refractivity contribution in [3.63, 3.8) is 0 Å². The van der Waals surface area contributed by atoms with Crippen LogP contribution in [0.5, 0.6) is 0 Å². The minimum atomic E-state index is -0.655. The maximum absolute atomic E-state index is 13.0. The molecule has 0 spiro atoms. The van der Waals surface area contributed by atoms with Crippen LogP contribution >= 0.6 is 11.3 Å². The first kappa shape index (κ1) is 16.4. The first-order chi connectivity index (χ1) is 11.7. The minimum absolute atomic E-state index is 0.208. The average molecular weight is 342 g/mol. The molecule has 5 nitrogen and oxygen atoms in total. The summed E-state index contributed by atoms with van der Waals surface area (Å²) in [6.07, 6.45) is 1.91. The van der Waals surface area contributed by atoms with Crippen molar-refractivity contribution in [2.24, 2.45) is 0 Å². The molecule has 0 N–H and O–H groups in total. The van der Waals surface area contributed by atoms with Crippen LogP contribution in [0.2, 0.25) is 0 Å². The zero-order chi connectivity index (χ0) is 17.1. The Morgan fingerprint density at radius 1 is 1.29 bits per heavy atom. The second-order valence-corrected chi connectivity index (χ2v) is 6.19. The van der Waals surface area contributed by atoms with E-state index in [0.717, 1.165) is 11.1 Å². The maximum atomic E-state index is 13.0. The van der Waals surface area contributed by atoms with Crippen LogP contribution in [-0.4, -0.2) is 22.1 Å². The average Bonchev–Trinajstić information content (AvgIpc) is 3.03. The normalized spacial score (nSPS) is 12.2. The summed E-state index contributed by atoms with van der Waals surface area (Å²) in [5, 5.41) is 2.49. The van der Waals surface area contributed by atoms with Crippen LogP contribution < -0.4 is 5.56 Å². The summed E-state index contributed by atoms with van der Waals surface area (Å²) in [4.78, 5) is 30.2. The summed E-state index contributed by atoms with van der Waals surface area (Å²) in [5.41, 5.74) is 1.60. The van der Waals surface area contributed by atoms with Crippen molar-refractivity contribution in [1.29, 1.82) is 0 Å². The maximum Gasteiger partial charge on any atom is 0.329 e. The number of hydrogen-bond donors (Lipinski definition) is 0. The highest BCUT2D eigenvalue weighted by Crippen LogP contribution is 2.30. The highest BCUT2D eigenvalue weighted by atomic mass is 32.1. The van der Waals surface area contributed by atoms with Crippen LogP contribution in [0.3, 0.4) is 0 Å². The lowest BCUT2D eigenvalue weighted by molar-refractivity contribution is -0.147. The number of carbonyl (C=O) groups is 1. The minimum Gasteiger partial charge on any atom is -0.464 e. The smallest absolute Gasteiger partial charge is 0.329 e. The highest BCUT2D eigenvalue weighted by molar-refractivity contribution is 7.17. The largest absolute Gasteiger partial charge is 0.464 e. The van der Waals surface area contributed by atoms with Crippen molar-refractivity contribution in [3.8, 4) is 11.1 Å². The molecule has 0 fully saturated rings. The molecule has 2 heterocycles. The van der Waals surface area contributed by atoms with E-state index < -0.39 is 12.0 Å². The molecule has 1 atom stereocenters. The van der Waals surface area contributed by atoms with Crippen molar-refractivity contribution >= 4 is 27.5 Å². The van der Waals surface area contributed by atoms with Gasteiger partial charge in [0.25, 0.3) is 5.56 Å². The van der Waals surface area contributed by atoms with Gasteiger partial charge in [0.2, 0.25) is 0 Å². The predicted octanol–water partition coefficient (Wildman–Crippen LogP) is 3.64. The fourth-order valence-corrected chi connectivity index (χ4v) is 3.62. The van der Waals surface area contributed by atoms with Gasteiger partial charge in [0.15, 0.2) is 0 Å². The number of nitrogens with zero attached hydrogens (tertiary/aromatic N) is 2. The van der Waals surface area contributed by atoms with Crippen molar-refractivity contribution in [1.82, 2.24) is 9.55 Å². The molecule has 3 aromatic rings. The Hall–Kier alpha value is -2.47. The van der Waals surface area contributed by atoms with Gasteiger partial charge in [-0.3, -0.25) is 9.36 Å². The van der Waals surface area contributed by atoms with E-state index >= 15 is 0 Å². The Morgan fingerprint density at radius 2 is 2.04 bits per heavy atom.